The zero-order valence-electron chi connectivity index (χ0n) is 34.0. The predicted molar refractivity (Wildman–Crippen MR) is 259 cm³/mol. The number of nitrogens with zero attached hydrogens (tertiary/aromatic N) is 6. The third-order valence-corrected chi connectivity index (χ3v) is 12.5. The van der Waals surface area contributed by atoms with Gasteiger partial charge in [0.15, 0.2) is 11.6 Å². The molecule has 9 aromatic carbocycles. The zero-order valence-corrected chi connectivity index (χ0v) is 34.0. The number of hydrogen-bond donors (Lipinski definition) is 0. The van der Waals surface area contributed by atoms with Crippen LogP contribution in [-0.4, -0.2) is 28.7 Å². The third kappa shape index (κ3) is 5.41. The van der Waals surface area contributed by atoms with Crippen LogP contribution in [0.5, 0.6) is 0 Å². The molecule has 6 heteroatoms. The van der Waals surface area contributed by atoms with Gasteiger partial charge >= 0.3 is 0 Å². The maximum Gasteiger partial charge on any atom is 0.238 e. The largest absolute Gasteiger partial charge is 0.309 e. The summed E-state index contributed by atoms with van der Waals surface area (Å²) in [5, 5.41) is 7.04. The Bertz CT molecular complexity index is 3840. The Balaban J connectivity index is 1.11. The van der Waals surface area contributed by atoms with Crippen molar-refractivity contribution in [2.75, 3.05) is 0 Å². The number of fused-ring (bicyclic) bond motifs is 10. The minimum atomic E-state index is 0.563. The maximum absolute atomic E-state index is 5.30. The molecule has 4 aromatic heterocycles. The van der Waals surface area contributed by atoms with E-state index in [1.807, 2.05) is 36.4 Å². The molecule has 13 rings (SSSR count). The van der Waals surface area contributed by atoms with E-state index in [1.54, 1.807) is 0 Å². The van der Waals surface area contributed by atoms with Crippen LogP contribution in [0.4, 0.5) is 0 Å². The molecule has 0 bridgehead atoms. The van der Waals surface area contributed by atoms with E-state index in [9.17, 15) is 0 Å². The van der Waals surface area contributed by atoms with Crippen LogP contribution >= 0.6 is 0 Å². The van der Waals surface area contributed by atoms with E-state index in [0.29, 0.717) is 17.6 Å². The first-order valence-electron chi connectivity index (χ1n) is 21.3. The van der Waals surface area contributed by atoms with Crippen LogP contribution in [0.2, 0.25) is 0 Å². The minimum absolute atomic E-state index is 0.563. The highest BCUT2D eigenvalue weighted by Gasteiger charge is 2.24. The lowest BCUT2D eigenvalue weighted by Crippen LogP contribution is -2.07. The van der Waals surface area contributed by atoms with Gasteiger partial charge in [0.05, 0.1) is 33.1 Å². The first kappa shape index (κ1) is 35.2. The third-order valence-electron chi connectivity index (χ3n) is 12.5. The number of aromatic nitrogens is 6. The van der Waals surface area contributed by atoms with Crippen LogP contribution in [0.3, 0.4) is 0 Å². The maximum atomic E-state index is 5.30. The molecule has 0 saturated heterocycles. The molecule has 0 fully saturated rings. The van der Waals surface area contributed by atoms with Crippen LogP contribution in [0.15, 0.2) is 218 Å². The van der Waals surface area contributed by atoms with Crippen LogP contribution in [0.25, 0.3) is 117 Å². The van der Waals surface area contributed by atoms with Gasteiger partial charge in [-0.25, -0.2) is 4.98 Å². The molecule has 0 spiro atoms. The van der Waals surface area contributed by atoms with Gasteiger partial charge in [-0.2, -0.15) is 9.97 Å². The molecule has 13 aromatic rings. The number of hydrogen-bond acceptors (Lipinski definition) is 3. The van der Waals surface area contributed by atoms with Crippen LogP contribution in [0.1, 0.15) is 0 Å². The molecule has 0 atom stereocenters. The number of rotatable bonds is 6. The van der Waals surface area contributed by atoms with Crippen molar-refractivity contribution in [1.29, 1.82) is 0 Å². The molecule has 294 valence electrons. The normalized spacial score (nSPS) is 11.8. The SMILES string of the molecule is c1ccc(-c2nc(-c3ccccc3)nc(-n3c4ccccc4c4ccc5c6ccccc6n(-c6cccc(-c7cccc8c7c7ccccc7n8-c7ccccc7)c6)c5c43)n2)cc1. The van der Waals surface area contributed by atoms with Crippen molar-refractivity contribution in [2.45, 2.75) is 0 Å². The highest BCUT2D eigenvalue weighted by molar-refractivity contribution is 6.24. The highest BCUT2D eigenvalue weighted by Crippen LogP contribution is 2.43. The van der Waals surface area contributed by atoms with E-state index in [4.69, 9.17) is 15.0 Å². The first-order chi connectivity index (χ1) is 31.3. The summed E-state index contributed by atoms with van der Waals surface area (Å²) in [5.41, 5.74) is 13.0. The van der Waals surface area contributed by atoms with Crippen LogP contribution < -0.4 is 0 Å². The van der Waals surface area contributed by atoms with Crippen molar-refractivity contribution in [3.63, 3.8) is 0 Å². The fourth-order valence-electron chi connectivity index (χ4n) is 9.80. The van der Waals surface area contributed by atoms with Crippen molar-refractivity contribution in [2.24, 2.45) is 0 Å². The molecule has 0 aliphatic rings. The zero-order chi connectivity index (χ0) is 41.4. The molecule has 4 heterocycles. The average Bonchev–Trinajstić information content (AvgIpc) is 4.01. The summed E-state index contributed by atoms with van der Waals surface area (Å²) in [5.74, 6) is 1.80. The summed E-state index contributed by atoms with van der Waals surface area (Å²) < 4.78 is 7.08. The van der Waals surface area contributed by atoms with Gasteiger partial charge in [0.2, 0.25) is 5.95 Å². The van der Waals surface area contributed by atoms with E-state index < -0.39 is 0 Å². The fraction of sp³-hybridized carbons (Fsp3) is 0. The lowest BCUT2D eigenvalue weighted by Gasteiger charge is -2.14. The minimum Gasteiger partial charge on any atom is -0.309 e. The van der Waals surface area contributed by atoms with Crippen LogP contribution in [-0.2, 0) is 0 Å². The monoisotopic (exact) mass is 804 g/mol. The number of benzene rings is 9. The Morgan fingerprint density at radius 1 is 0.286 bits per heavy atom. The summed E-state index contributed by atoms with van der Waals surface area (Å²) in [4.78, 5) is 15.7. The van der Waals surface area contributed by atoms with Crippen molar-refractivity contribution in [3.05, 3.63) is 218 Å². The van der Waals surface area contributed by atoms with E-state index in [0.717, 1.165) is 66.3 Å². The predicted octanol–water partition coefficient (Wildman–Crippen LogP) is 14.2. The molecule has 0 N–H and O–H groups in total. The summed E-state index contributed by atoms with van der Waals surface area (Å²) in [6.07, 6.45) is 0. The van der Waals surface area contributed by atoms with Crippen LogP contribution in [0, 0.1) is 0 Å². The Hall–Kier alpha value is -8.61. The molecule has 0 radical (unpaired) electrons. The van der Waals surface area contributed by atoms with Gasteiger partial charge in [0.1, 0.15) is 0 Å². The van der Waals surface area contributed by atoms with E-state index >= 15 is 0 Å². The molecule has 0 aliphatic heterocycles. The Morgan fingerprint density at radius 3 is 1.38 bits per heavy atom. The molecule has 0 saturated carbocycles. The summed E-state index contributed by atoms with van der Waals surface area (Å²) in [7, 11) is 0. The van der Waals surface area contributed by atoms with Gasteiger partial charge in [-0.15, -0.1) is 0 Å². The van der Waals surface area contributed by atoms with E-state index in [2.05, 4.69) is 196 Å². The van der Waals surface area contributed by atoms with Gasteiger partial charge < -0.3 is 9.13 Å². The first-order valence-corrected chi connectivity index (χ1v) is 21.3. The van der Waals surface area contributed by atoms with Crippen molar-refractivity contribution >= 4 is 65.4 Å². The van der Waals surface area contributed by atoms with Gasteiger partial charge in [-0.1, -0.05) is 170 Å². The molecular weight excluding hydrogens is 769 g/mol. The smallest absolute Gasteiger partial charge is 0.238 e. The molecular formula is C57H36N6. The molecule has 0 unspecified atom stereocenters. The van der Waals surface area contributed by atoms with Gasteiger partial charge in [-0.3, -0.25) is 4.57 Å². The number of para-hydroxylation sites is 4. The lowest BCUT2D eigenvalue weighted by molar-refractivity contribution is 0.953. The summed E-state index contributed by atoms with van der Waals surface area (Å²) in [6.45, 7) is 0. The van der Waals surface area contributed by atoms with Crippen molar-refractivity contribution in [1.82, 2.24) is 28.7 Å². The molecule has 0 amide bonds. The Morgan fingerprint density at radius 2 is 0.746 bits per heavy atom. The van der Waals surface area contributed by atoms with Gasteiger partial charge in [0, 0.05) is 54.8 Å². The standard InChI is InChI=1S/C57H36N6/c1-4-18-37(19-5-1)55-58-56(38-20-6-2-7-21-38)60-57(59-55)63-49-31-14-11-27-44(49)46-35-34-45-43-26-10-13-30-48(43)62(53(45)54(46)63)41-25-16-22-39(36-41)42-29-17-33-51-52(42)47-28-12-15-32-50(47)61(51)40-23-8-3-9-24-40/h1-36H. The van der Waals surface area contributed by atoms with Gasteiger partial charge in [-0.05, 0) is 59.7 Å². The quantitative estimate of drug-likeness (QED) is 0.168. The Labute approximate surface area is 362 Å². The second kappa shape index (κ2) is 14.0. The lowest BCUT2D eigenvalue weighted by atomic mass is 9.99. The molecule has 0 aliphatic carbocycles. The highest BCUT2D eigenvalue weighted by atomic mass is 15.2. The van der Waals surface area contributed by atoms with Crippen molar-refractivity contribution in [3.8, 4) is 51.2 Å². The average molecular weight is 805 g/mol. The van der Waals surface area contributed by atoms with Gasteiger partial charge in [0.25, 0.3) is 0 Å². The van der Waals surface area contributed by atoms with Crippen molar-refractivity contribution < 1.29 is 0 Å². The summed E-state index contributed by atoms with van der Waals surface area (Å²) >= 11 is 0. The molecule has 6 nitrogen and oxygen atoms in total. The van der Waals surface area contributed by atoms with E-state index in [-0.39, 0.29) is 0 Å². The molecule has 63 heavy (non-hydrogen) atoms. The Kier molecular flexibility index (Phi) is 7.80. The second-order valence-electron chi connectivity index (χ2n) is 16.0. The topological polar surface area (TPSA) is 53.5 Å². The van der Waals surface area contributed by atoms with E-state index in [1.165, 1.54) is 32.8 Å². The second-order valence-corrected chi connectivity index (χ2v) is 16.0. The summed E-state index contributed by atoms with van der Waals surface area (Å²) in [6, 6.07) is 77.4. The fourth-order valence-corrected chi connectivity index (χ4v) is 9.80.